The number of fused-ring (bicyclic) bond motifs is 2. The number of nitrogens with one attached hydrogen (secondary N) is 1. The fourth-order valence-electron chi connectivity index (χ4n) is 3.27. The van der Waals surface area contributed by atoms with Gasteiger partial charge in [-0.05, 0) is 36.8 Å². The molecule has 0 bridgehead atoms. The molecule has 1 N–H and O–H groups in total. The third-order valence-electron chi connectivity index (χ3n) is 4.53. The highest BCUT2D eigenvalue weighted by Crippen LogP contribution is 2.31. The molecule has 0 aliphatic heterocycles. The fraction of sp³-hybridized carbons (Fsp3) is 0.105. The number of nitrogens with zero attached hydrogens (tertiary/aromatic N) is 5. The molecule has 0 saturated heterocycles. The summed E-state index contributed by atoms with van der Waals surface area (Å²) in [6.45, 7) is 2.00. The second-order valence-electron chi connectivity index (χ2n) is 6.26. The maximum atomic E-state index is 4.56. The van der Waals surface area contributed by atoms with Crippen molar-refractivity contribution in [2.75, 3.05) is 0 Å². The van der Waals surface area contributed by atoms with Crippen LogP contribution in [0.4, 0.5) is 0 Å². The van der Waals surface area contributed by atoms with Gasteiger partial charge in [0.25, 0.3) is 0 Å². The first-order valence-corrected chi connectivity index (χ1v) is 8.10. The molecule has 6 heteroatoms. The standard InChI is InChI=1S/C19H16N6/c1-12-3-4-15-16(9-20-19(15)23-12)13-5-6-25-18(7-13)17(10-22-25)14-8-21-24(2)11-14/h3-11H,1-2H3,(H,20,23). The Morgan fingerprint density at radius 1 is 1.00 bits per heavy atom. The monoisotopic (exact) mass is 328 g/mol. The van der Waals surface area contributed by atoms with E-state index < -0.39 is 0 Å². The van der Waals surface area contributed by atoms with Gasteiger partial charge in [-0.3, -0.25) is 4.68 Å². The first-order chi connectivity index (χ1) is 12.2. The summed E-state index contributed by atoms with van der Waals surface area (Å²) in [4.78, 5) is 7.83. The third kappa shape index (κ3) is 2.15. The van der Waals surface area contributed by atoms with Crippen LogP contribution in [-0.2, 0) is 7.05 Å². The van der Waals surface area contributed by atoms with Crippen LogP contribution in [0.15, 0.2) is 55.2 Å². The normalized spacial score (nSPS) is 11.6. The molecule has 122 valence electrons. The van der Waals surface area contributed by atoms with Gasteiger partial charge in [-0.2, -0.15) is 10.2 Å². The molecule has 0 atom stereocenters. The van der Waals surface area contributed by atoms with Crippen molar-refractivity contribution in [1.82, 2.24) is 29.4 Å². The van der Waals surface area contributed by atoms with Crippen molar-refractivity contribution < 1.29 is 0 Å². The zero-order chi connectivity index (χ0) is 17.0. The molecule has 6 nitrogen and oxygen atoms in total. The number of hydrogen-bond donors (Lipinski definition) is 1. The van der Waals surface area contributed by atoms with Crippen LogP contribution < -0.4 is 0 Å². The Hall–Kier alpha value is -3.41. The molecule has 5 heterocycles. The molecule has 0 amide bonds. The van der Waals surface area contributed by atoms with Crippen LogP contribution in [0.3, 0.4) is 0 Å². The average molecular weight is 328 g/mol. The van der Waals surface area contributed by atoms with E-state index in [-0.39, 0.29) is 0 Å². The smallest absolute Gasteiger partial charge is 0.138 e. The number of aromatic nitrogens is 6. The minimum Gasteiger partial charge on any atom is -0.346 e. The van der Waals surface area contributed by atoms with Gasteiger partial charge in [0, 0.05) is 53.4 Å². The van der Waals surface area contributed by atoms with Crippen molar-refractivity contribution in [2.24, 2.45) is 7.05 Å². The van der Waals surface area contributed by atoms with Gasteiger partial charge in [0.2, 0.25) is 0 Å². The second kappa shape index (κ2) is 5.04. The molecule has 0 radical (unpaired) electrons. The number of rotatable bonds is 2. The van der Waals surface area contributed by atoms with E-state index in [9.17, 15) is 0 Å². The summed E-state index contributed by atoms with van der Waals surface area (Å²) < 4.78 is 3.69. The number of pyridine rings is 2. The highest BCUT2D eigenvalue weighted by Gasteiger charge is 2.12. The molecular weight excluding hydrogens is 312 g/mol. The maximum Gasteiger partial charge on any atom is 0.138 e. The molecule has 0 aliphatic carbocycles. The Balaban J connectivity index is 1.71. The largest absolute Gasteiger partial charge is 0.346 e. The van der Waals surface area contributed by atoms with E-state index >= 15 is 0 Å². The molecule has 5 rings (SSSR count). The van der Waals surface area contributed by atoms with E-state index in [2.05, 4.69) is 38.4 Å². The summed E-state index contributed by atoms with van der Waals surface area (Å²) >= 11 is 0. The van der Waals surface area contributed by atoms with Crippen LogP contribution in [0.1, 0.15) is 5.69 Å². The molecule has 25 heavy (non-hydrogen) atoms. The van der Waals surface area contributed by atoms with Gasteiger partial charge in [-0.1, -0.05) is 0 Å². The molecule has 0 aromatic carbocycles. The third-order valence-corrected chi connectivity index (χ3v) is 4.53. The van der Waals surface area contributed by atoms with Crippen molar-refractivity contribution in [1.29, 1.82) is 0 Å². The van der Waals surface area contributed by atoms with Crippen LogP contribution in [0.5, 0.6) is 0 Å². The first-order valence-electron chi connectivity index (χ1n) is 8.10. The van der Waals surface area contributed by atoms with Gasteiger partial charge in [-0.15, -0.1) is 0 Å². The average Bonchev–Trinajstić information content (AvgIpc) is 3.31. The van der Waals surface area contributed by atoms with Crippen LogP contribution in [0.2, 0.25) is 0 Å². The lowest BCUT2D eigenvalue weighted by molar-refractivity contribution is 0.768. The summed E-state index contributed by atoms with van der Waals surface area (Å²) in [5.41, 5.74) is 7.38. The minimum atomic E-state index is 0.913. The van der Waals surface area contributed by atoms with Gasteiger partial charge in [0.05, 0.1) is 17.9 Å². The molecular formula is C19H16N6. The van der Waals surface area contributed by atoms with Crippen molar-refractivity contribution in [3.63, 3.8) is 0 Å². The minimum absolute atomic E-state index is 0.913. The number of aromatic amines is 1. The Morgan fingerprint density at radius 2 is 1.92 bits per heavy atom. The van der Waals surface area contributed by atoms with E-state index in [0.29, 0.717) is 0 Å². The maximum absolute atomic E-state index is 4.56. The molecule has 0 saturated carbocycles. The predicted molar refractivity (Wildman–Crippen MR) is 97.2 cm³/mol. The van der Waals surface area contributed by atoms with Gasteiger partial charge in [0.1, 0.15) is 5.65 Å². The van der Waals surface area contributed by atoms with Crippen LogP contribution in [-0.4, -0.2) is 29.4 Å². The van der Waals surface area contributed by atoms with Gasteiger partial charge in [-0.25, -0.2) is 9.50 Å². The lowest BCUT2D eigenvalue weighted by atomic mass is 10.0. The van der Waals surface area contributed by atoms with Crippen molar-refractivity contribution in [2.45, 2.75) is 6.92 Å². The van der Waals surface area contributed by atoms with Crippen LogP contribution in [0.25, 0.3) is 38.8 Å². The number of H-pyrrole nitrogens is 1. The quantitative estimate of drug-likeness (QED) is 0.538. The van der Waals surface area contributed by atoms with Crippen molar-refractivity contribution in [3.05, 3.63) is 60.9 Å². The number of hydrogen-bond acceptors (Lipinski definition) is 3. The topological polar surface area (TPSA) is 63.8 Å². The zero-order valence-electron chi connectivity index (χ0n) is 13.9. The van der Waals surface area contributed by atoms with Gasteiger partial charge in [0.15, 0.2) is 0 Å². The molecule has 0 aliphatic rings. The van der Waals surface area contributed by atoms with Crippen LogP contribution in [0, 0.1) is 6.92 Å². The summed E-state index contributed by atoms with van der Waals surface area (Å²) in [5, 5.41) is 9.85. The molecule has 5 aromatic rings. The number of aryl methyl sites for hydroxylation is 2. The Labute approximate surface area is 143 Å². The highest BCUT2D eigenvalue weighted by atomic mass is 15.2. The Bertz CT molecular complexity index is 1220. The fourth-order valence-corrected chi connectivity index (χ4v) is 3.27. The lowest BCUT2D eigenvalue weighted by Gasteiger charge is -2.03. The van der Waals surface area contributed by atoms with E-state index in [0.717, 1.165) is 44.5 Å². The SMILES string of the molecule is Cc1ccc2c(-c3ccn4ncc(-c5cnn(C)c5)c4c3)c[nH]c2n1. The molecule has 5 aromatic heterocycles. The summed E-state index contributed by atoms with van der Waals surface area (Å²) in [7, 11) is 1.92. The van der Waals surface area contributed by atoms with Gasteiger partial charge < -0.3 is 4.98 Å². The van der Waals surface area contributed by atoms with E-state index in [1.165, 1.54) is 0 Å². The van der Waals surface area contributed by atoms with Crippen molar-refractivity contribution in [3.8, 4) is 22.3 Å². The van der Waals surface area contributed by atoms with Crippen LogP contribution >= 0.6 is 0 Å². The first kappa shape index (κ1) is 14.0. The molecule has 0 fully saturated rings. The lowest BCUT2D eigenvalue weighted by Crippen LogP contribution is -1.87. The summed E-state index contributed by atoms with van der Waals surface area (Å²) in [6.07, 6.45) is 9.76. The predicted octanol–water partition coefficient (Wildman–Crippen LogP) is 3.59. The van der Waals surface area contributed by atoms with E-state index in [1.807, 2.05) is 55.5 Å². The zero-order valence-corrected chi connectivity index (χ0v) is 13.9. The molecule has 0 spiro atoms. The van der Waals surface area contributed by atoms with E-state index in [1.54, 1.807) is 4.68 Å². The second-order valence-corrected chi connectivity index (χ2v) is 6.26. The summed E-state index contributed by atoms with van der Waals surface area (Å²) in [6, 6.07) is 8.40. The van der Waals surface area contributed by atoms with Crippen molar-refractivity contribution >= 4 is 16.6 Å². The molecule has 0 unspecified atom stereocenters. The highest BCUT2D eigenvalue weighted by molar-refractivity contribution is 5.95. The summed E-state index contributed by atoms with van der Waals surface area (Å²) in [5.74, 6) is 0. The Morgan fingerprint density at radius 3 is 2.76 bits per heavy atom. The van der Waals surface area contributed by atoms with E-state index in [4.69, 9.17) is 0 Å². The van der Waals surface area contributed by atoms with Gasteiger partial charge >= 0.3 is 0 Å². The Kier molecular flexibility index (Phi) is 2.82.